The number of amides is 1. The summed E-state index contributed by atoms with van der Waals surface area (Å²) in [5, 5.41) is 11.5. The molecule has 0 unspecified atom stereocenters. The topological polar surface area (TPSA) is 119 Å². The maximum atomic E-state index is 13.1. The molecular weight excluding hydrogens is 484 g/mol. The molecule has 0 saturated carbocycles. The second-order valence-corrected chi connectivity index (χ2v) is 9.41. The van der Waals surface area contributed by atoms with Crippen LogP contribution in [0.15, 0.2) is 99.6 Å². The lowest BCUT2D eigenvalue weighted by atomic mass is 10.2. The van der Waals surface area contributed by atoms with Crippen LogP contribution in [0.3, 0.4) is 0 Å². The van der Waals surface area contributed by atoms with Crippen LogP contribution in [-0.4, -0.2) is 31.1 Å². The summed E-state index contributed by atoms with van der Waals surface area (Å²) in [6.07, 6.45) is 5.62. The highest BCUT2D eigenvalue weighted by Crippen LogP contribution is 2.33. The van der Waals surface area contributed by atoms with E-state index < -0.39 is 0 Å². The molecular formula is C28H20N6O2S. The molecule has 4 N–H and O–H groups in total. The zero-order valence-corrected chi connectivity index (χ0v) is 20.2. The molecule has 0 aliphatic carbocycles. The van der Waals surface area contributed by atoms with E-state index in [0.29, 0.717) is 22.3 Å². The number of aromatic nitrogens is 5. The number of H-pyrrole nitrogens is 3. The molecule has 0 saturated heterocycles. The van der Waals surface area contributed by atoms with E-state index in [1.165, 1.54) is 11.8 Å². The first kappa shape index (κ1) is 22.6. The molecule has 8 nitrogen and oxygen atoms in total. The number of pyridine rings is 1. The van der Waals surface area contributed by atoms with Crippen molar-refractivity contribution in [3.63, 3.8) is 0 Å². The molecule has 9 heteroatoms. The van der Waals surface area contributed by atoms with Gasteiger partial charge in [0.15, 0.2) is 0 Å². The summed E-state index contributed by atoms with van der Waals surface area (Å²) >= 11 is 1.50. The molecule has 0 bridgehead atoms. The highest BCUT2D eigenvalue weighted by Gasteiger charge is 2.14. The van der Waals surface area contributed by atoms with Crippen molar-refractivity contribution in [2.45, 2.75) is 9.79 Å². The second-order valence-electron chi connectivity index (χ2n) is 8.30. The monoisotopic (exact) mass is 504 g/mol. The van der Waals surface area contributed by atoms with Gasteiger partial charge in [-0.2, -0.15) is 5.10 Å². The van der Waals surface area contributed by atoms with Crippen molar-refractivity contribution in [3.05, 3.63) is 112 Å². The van der Waals surface area contributed by atoms with Crippen molar-refractivity contribution < 1.29 is 4.79 Å². The first-order valence-corrected chi connectivity index (χ1v) is 12.3. The van der Waals surface area contributed by atoms with E-state index in [0.717, 1.165) is 32.1 Å². The van der Waals surface area contributed by atoms with Crippen LogP contribution in [0.4, 0.5) is 5.69 Å². The minimum absolute atomic E-state index is 0.232. The molecule has 0 aliphatic rings. The predicted molar refractivity (Wildman–Crippen MR) is 147 cm³/mol. The van der Waals surface area contributed by atoms with Gasteiger partial charge < -0.3 is 15.3 Å². The number of hydrogen-bond donors (Lipinski definition) is 4. The summed E-state index contributed by atoms with van der Waals surface area (Å²) in [5.41, 5.74) is 4.78. The lowest BCUT2D eigenvalue weighted by Crippen LogP contribution is -2.12. The molecule has 0 radical (unpaired) electrons. The second kappa shape index (κ2) is 9.63. The predicted octanol–water partition coefficient (Wildman–Crippen LogP) is 5.70. The van der Waals surface area contributed by atoms with E-state index in [-0.39, 0.29) is 11.6 Å². The van der Waals surface area contributed by atoms with Crippen LogP contribution in [-0.2, 0) is 0 Å². The number of nitrogens with zero attached hydrogens (tertiary/aromatic N) is 2. The van der Waals surface area contributed by atoms with Gasteiger partial charge in [-0.15, -0.1) is 0 Å². The van der Waals surface area contributed by atoms with Gasteiger partial charge in [0, 0.05) is 27.1 Å². The van der Waals surface area contributed by atoms with Gasteiger partial charge in [-0.1, -0.05) is 30.0 Å². The number of rotatable bonds is 6. The third-order valence-electron chi connectivity index (χ3n) is 5.80. The number of hydrogen-bond acceptors (Lipinski definition) is 5. The zero-order chi connectivity index (χ0) is 25.2. The molecule has 1 amide bonds. The average molecular weight is 505 g/mol. The molecule has 0 fully saturated rings. The molecule has 37 heavy (non-hydrogen) atoms. The van der Waals surface area contributed by atoms with Crippen molar-refractivity contribution in [1.29, 1.82) is 0 Å². The highest BCUT2D eigenvalue weighted by atomic mass is 32.2. The SMILES string of the molecule is O=C(Nc1ccc2[nH]c(=O)[nH]c2c1)c1ccccc1Sc1ccc2c(/C=C/c3ccccn3)n[nH]c2c1. The van der Waals surface area contributed by atoms with Crippen molar-refractivity contribution in [2.75, 3.05) is 5.32 Å². The Kier molecular flexibility index (Phi) is 5.88. The first-order chi connectivity index (χ1) is 18.1. The Hall–Kier alpha value is -4.89. The highest BCUT2D eigenvalue weighted by molar-refractivity contribution is 7.99. The van der Waals surface area contributed by atoms with E-state index in [1.807, 2.05) is 66.7 Å². The van der Waals surface area contributed by atoms with Crippen molar-refractivity contribution in [1.82, 2.24) is 25.1 Å². The van der Waals surface area contributed by atoms with Gasteiger partial charge >= 0.3 is 5.69 Å². The third kappa shape index (κ3) is 4.80. The number of carbonyl (C=O) groups is 1. The van der Waals surface area contributed by atoms with Crippen LogP contribution in [0.1, 0.15) is 21.7 Å². The fraction of sp³-hybridized carbons (Fsp3) is 0. The van der Waals surface area contributed by atoms with Crippen LogP contribution in [0.25, 0.3) is 34.1 Å². The van der Waals surface area contributed by atoms with E-state index in [9.17, 15) is 9.59 Å². The Morgan fingerprint density at radius 2 is 1.73 bits per heavy atom. The van der Waals surface area contributed by atoms with Crippen LogP contribution in [0.2, 0.25) is 0 Å². The normalized spacial score (nSPS) is 11.5. The van der Waals surface area contributed by atoms with Crippen LogP contribution >= 0.6 is 11.8 Å². The summed E-state index contributed by atoms with van der Waals surface area (Å²) in [4.78, 5) is 36.2. The molecule has 3 aromatic carbocycles. The summed E-state index contributed by atoms with van der Waals surface area (Å²) in [7, 11) is 0. The Balaban J connectivity index is 1.22. The van der Waals surface area contributed by atoms with Crippen LogP contribution in [0.5, 0.6) is 0 Å². The van der Waals surface area contributed by atoms with Crippen molar-refractivity contribution in [3.8, 4) is 0 Å². The summed E-state index contributed by atoms with van der Waals surface area (Å²) in [6, 6.07) is 24.5. The molecule has 0 atom stereocenters. The largest absolute Gasteiger partial charge is 0.323 e. The van der Waals surface area contributed by atoms with Gasteiger partial charge in [0.25, 0.3) is 5.91 Å². The molecule has 0 aliphatic heterocycles. The minimum Gasteiger partial charge on any atom is -0.322 e. The number of imidazole rings is 1. The number of benzene rings is 3. The van der Waals surface area contributed by atoms with Crippen LogP contribution in [0, 0.1) is 0 Å². The van der Waals surface area contributed by atoms with Crippen molar-refractivity contribution in [2.24, 2.45) is 0 Å². The standard InChI is InChI=1S/C28H20N6O2S/c35-27(30-18-9-13-23-25(15-18)32-28(36)31-23)21-6-1-2-7-26(21)37-19-10-11-20-22(33-34-24(20)16-19)12-8-17-5-3-4-14-29-17/h1-16H,(H,30,35)(H,33,34)(H2,31,32,36)/b12-8+. The lowest BCUT2D eigenvalue weighted by molar-refractivity contribution is 0.102. The van der Waals surface area contributed by atoms with E-state index in [2.05, 4.69) is 30.5 Å². The Morgan fingerprint density at radius 3 is 2.62 bits per heavy atom. The summed E-state index contributed by atoms with van der Waals surface area (Å²) < 4.78 is 0. The van der Waals surface area contributed by atoms with E-state index >= 15 is 0 Å². The van der Waals surface area contributed by atoms with E-state index in [4.69, 9.17) is 0 Å². The molecule has 3 aromatic heterocycles. The number of aromatic amines is 3. The maximum Gasteiger partial charge on any atom is 0.323 e. The molecule has 3 heterocycles. The van der Waals surface area contributed by atoms with Gasteiger partial charge in [-0.3, -0.25) is 14.9 Å². The number of nitrogens with one attached hydrogen (secondary N) is 4. The Morgan fingerprint density at radius 1 is 0.865 bits per heavy atom. The summed E-state index contributed by atoms with van der Waals surface area (Å²) in [5.74, 6) is -0.232. The van der Waals surface area contributed by atoms with Crippen molar-refractivity contribution >= 4 is 57.4 Å². The van der Waals surface area contributed by atoms with Gasteiger partial charge in [-0.25, -0.2) is 4.79 Å². The number of carbonyl (C=O) groups excluding carboxylic acids is 1. The lowest BCUT2D eigenvalue weighted by Gasteiger charge is -2.10. The Labute approximate surface area is 214 Å². The fourth-order valence-corrected chi connectivity index (χ4v) is 5.01. The summed E-state index contributed by atoms with van der Waals surface area (Å²) in [6.45, 7) is 0. The maximum absolute atomic E-state index is 13.1. The molecule has 0 spiro atoms. The smallest absolute Gasteiger partial charge is 0.322 e. The van der Waals surface area contributed by atoms with Gasteiger partial charge in [0.2, 0.25) is 0 Å². The minimum atomic E-state index is -0.286. The molecule has 6 rings (SSSR count). The fourth-order valence-electron chi connectivity index (χ4n) is 4.03. The average Bonchev–Trinajstić information content (AvgIpc) is 3.49. The third-order valence-corrected chi connectivity index (χ3v) is 6.86. The number of anilines is 1. The van der Waals surface area contributed by atoms with Crippen LogP contribution < -0.4 is 11.0 Å². The zero-order valence-electron chi connectivity index (χ0n) is 19.4. The van der Waals surface area contributed by atoms with Gasteiger partial charge in [0.1, 0.15) is 0 Å². The first-order valence-electron chi connectivity index (χ1n) is 11.5. The quantitative estimate of drug-likeness (QED) is 0.232. The van der Waals surface area contributed by atoms with Gasteiger partial charge in [-0.05, 0) is 72.8 Å². The number of fused-ring (bicyclic) bond motifs is 2. The van der Waals surface area contributed by atoms with Gasteiger partial charge in [0.05, 0.1) is 33.5 Å². The molecule has 6 aromatic rings. The molecule has 180 valence electrons. The Bertz CT molecular complexity index is 1830. The van der Waals surface area contributed by atoms with E-state index in [1.54, 1.807) is 30.5 Å².